The number of ether oxygens (including phenoxy) is 1. The first-order chi connectivity index (χ1) is 12.4. The van der Waals surface area contributed by atoms with E-state index in [2.05, 4.69) is 54.2 Å². The number of guanidine groups is 1. The fraction of sp³-hybridized carbons (Fsp3) is 0.800. The van der Waals surface area contributed by atoms with Gasteiger partial charge in [0.2, 0.25) is 0 Å². The van der Waals surface area contributed by atoms with Crippen LogP contribution in [0.1, 0.15) is 57.8 Å². The minimum atomic E-state index is 0.161. The van der Waals surface area contributed by atoms with Gasteiger partial charge in [0.1, 0.15) is 0 Å². The average Bonchev–Trinajstić information content (AvgIpc) is 3.23. The van der Waals surface area contributed by atoms with E-state index < -0.39 is 0 Å². The molecule has 26 heavy (non-hydrogen) atoms. The van der Waals surface area contributed by atoms with Gasteiger partial charge in [-0.05, 0) is 38.7 Å². The van der Waals surface area contributed by atoms with Crippen LogP contribution in [-0.4, -0.2) is 47.6 Å². The molecule has 2 N–H and O–H groups in total. The molecular formula is C20H33N5O. The van der Waals surface area contributed by atoms with E-state index in [1.165, 1.54) is 11.3 Å². The molecule has 144 valence electrons. The summed E-state index contributed by atoms with van der Waals surface area (Å²) in [5.74, 6) is 1.54. The Labute approximate surface area is 156 Å². The van der Waals surface area contributed by atoms with Gasteiger partial charge in [-0.2, -0.15) is 5.10 Å². The molecule has 4 rings (SSSR count). The number of nitrogens with one attached hydrogen (secondary N) is 2. The standard InChI is InChI=1S/C20H33N5O/c1-12(2)25-11-13-6-7-14(10-16(13)24-25)22-19(21-5)23-17-15-8-9-26-18(15)20(17,3)4/h11-12,14-15,17-18H,6-10H2,1-5H3,(H2,21,22,23). The van der Waals surface area contributed by atoms with Crippen molar-refractivity contribution in [2.24, 2.45) is 16.3 Å². The zero-order valence-corrected chi connectivity index (χ0v) is 16.7. The van der Waals surface area contributed by atoms with E-state index in [9.17, 15) is 0 Å². The van der Waals surface area contributed by atoms with E-state index in [-0.39, 0.29) is 5.41 Å². The monoisotopic (exact) mass is 359 g/mol. The maximum absolute atomic E-state index is 5.91. The van der Waals surface area contributed by atoms with Gasteiger partial charge in [-0.25, -0.2) is 0 Å². The first kappa shape index (κ1) is 17.8. The largest absolute Gasteiger partial charge is 0.377 e. The van der Waals surface area contributed by atoms with Crippen LogP contribution in [0.5, 0.6) is 0 Å². The lowest BCUT2D eigenvalue weighted by Gasteiger charge is -2.55. The lowest BCUT2D eigenvalue weighted by atomic mass is 9.57. The van der Waals surface area contributed by atoms with Crippen molar-refractivity contribution in [3.05, 3.63) is 17.5 Å². The third-order valence-corrected chi connectivity index (χ3v) is 6.58. The van der Waals surface area contributed by atoms with E-state index in [0.29, 0.717) is 30.1 Å². The van der Waals surface area contributed by atoms with Gasteiger partial charge in [-0.1, -0.05) is 13.8 Å². The number of fused-ring (bicyclic) bond motifs is 2. The van der Waals surface area contributed by atoms with Crippen molar-refractivity contribution in [2.75, 3.05) is 13.7 Å². The molecule has 2 heterocycles. The molecule has 1 aliphatic heterocycles. The Hall–Kier alpha value is -1.56. The second kappa shape index (κ2) is 6.55. The molecule has 4 atom stereocenters. The van der Waals surface area contributed by atoms with Crippen LogP contribution in [0.3, 0.4) is 0 Å². The smallest absolute Gasteiger partial charge is 0.191 e. The molecule has 1 aromatic rings. The maximum atomic E-state index is 5.91. The highest BCUT2D eigenvalue weighted by Gasteiger charge is 2.59. The van der Waals surface area contributed by atoms with Crippen molar-refractivity contribution in [3.8, 4) is 0 Å². The third kappa shape index (κ3) is 2.92. The van der Waals surface area contributed by atoms with Crippen LogP contribution in [0.25, 0.3) is 0 Å². The van der Waals surface area contributed by atoms with E-state index in [0.717, 1.165) is 38.2 Å². The van der Waals surface area contributed by atoms with Gasteiger partial charge < -0.3 is 15.4 Å². The van der Waals surface area contributed by atoms with E-state index >= 15 is 0 Å². The van der Waals surface area contributed by atoms with Gasteiger partial charge in [-0.15, -0.1) is 0 Å². The molecule has 0 radical (unpaired) electrons. The van der Waals surface area contributed by atoms with Crippen molar-refractivity contribution in [1.82, 2.24) is 20.4 Å². The van der Waals surface area contributed by atoms with E-state index in [1.807, 2.05) is 7.05 Å². The van der Waals surface area contributed by atoms with Crippen molar-refractivity contribution >= 4 is 5.96 Å². The summed E-state index contributed by atoms with van der Waals surface area (Å²) in [5.41, 5.74) is 2.81. The Balaban J connectivity index is 1.38. The Morgan fingerprint density at radius 3 is 2.88 bits per heavy atom. The predicted molar refractivity (Wildman–Crippen MR) is 103 cm³/mol. The van der Waals surface area contributed by atoms with E-state index in [1.54, 1.807) is 0 Å². The zero-order valence-electron chi connectivity index (χ0n) is 16.7. The van der Waals surface area contributed by atoms with E-state index in [4.69, 9.17) is 9.84 Å². The van der Waals surface area contributed by atoms with Crippen LogP contribution < -0.4 is 10.6 Å². The normalized spacial score (nSPS) is 32.8. The summed E-state index contributed by atoms with van der Waals surface area (Å²) in [6.07, 6.45) is 6.96. The van der Waals surface area contributed by atoms with Gasteiger partial charge in [0, 0.05) is 55.7 Å². The highest BCUT2D eigenvalue weighted by atomic mass is 16.5. The lowest BCUT2D eigenvalue weighted by Crippen LogP contribution is -2.68. The number of aryl methyl sites for hydroxylation is 1. The topological polar surface area (TPSA) is 63.5 Å². The Morgan fingerprint density at radius 1 is 1.35 bits per heavy atom. The van der Waals surface area contributed by atoms with Gasteiger partial charge in [-0.3, -0.25) is 9.67 Å². The molecule has 0 spiro atoms. The molecule has 6 nitrogen and oxygen atoms in total. The number of aliphatic imine (C=N–C) groups is 1. The van der Waals surface area contributed by atoms with Crippen LogP contribution in [-0.2, 0) is 17.6 Å². The predicted octanol–water partition coefficient (Wildman–Crippen LogP) is 2.30. The number of nitrogens with zero attached hydrogens (tertiary/aromatic N) is 3. The summed E-state index contributed by atoms with van der Waals surface area (Å²) in [6, 6.07) is 1.24. The third-order valence-electron chi connectivity index (χ3n) is 6.58. The molecule has 1 saturated heterocycles. The highest BCUT2D eigenvalue weighted by Crippen LogP contribution is 2.52. The van der Waals surface area contributed by atoms with Crippen molar-refractivity contribution in [1.29, 1.82) is 0 Å². The van der Waals surface area contributed by atoms with Crippen LogP contribution in [0.2, 0.25) is 0 Å². The molecule has 3 aliphatic rings. The fourth-order valence-corrected chi connectivity index (χ4v) is 5.03. The molecule has 2 fully saturated rings. The molecular weight excluding hydrogens is 326 g/mol. The summed E-state index contributed by atoms with van der Waals surface area (Å²) in [7, 11) is 1.87. The number of aromatic nitrogens is 2. The summed E-state index contributed by atoms with van der Waals surface area (Å²) in [4.78, 5) is 4.50. The molecule has 0 amide bonds. The SMILES string of the molecule is CN=C(NC1CCc2cn(C(C)C)nc2C1)NC1C2CCOC2C1(C)C. The Bertz CT molecular complexity index is 692. The molecule has 1 aromatic heterocycles. The molecule has 1 saturated carbocycles. The summed E-state index contributed by atoms with van der Waals surface area (Å²) >= 11 is 0. The summed E-state index contributed by atoms with van der Waals surface area (Å²) in [5, 5.41) is 12.1. The molecule has 0 bridgehead atoms. The Morgan fingerprint density at radius 2 is 2.15 bits per heavy atom. The zero-order chi connectivity index (χ0) is 18.5. The van der Waals surface area contributed by atoms with Crippen molar-refractivity contribution in [3.63, 3.8) is 0 Å². The lowest BCUT2D eigenvalue weighted by molar-refractivity contribution is -0.106. The van der Waals surface area contributed by atoms with Crippen molar-refractivity contribution < 1.29 is 4.74 Å². The maximum Gasteiger partial charge on any atom is 0.191 e. The molecule has 4 unspecified atom stereocenters. The second-order valence-electron chi connectivity index (χ2n) is 9.02. The van der Waals surface area contributed by atoms with Gasteiger partial charge in [0.15, 0.2) is 5.96 Å². The van der Waals surface area contributed by atoms with Gasteiger partial charge in [0.05, 0.1) is 11.8 Å². The van der Waals surface area contributed by atoms with Gasteiger partial charge >= 0.3 is 0 Å². The first-order valence-corrected chi connectivity index (χ1v) is 10.1. The fourth-order valence-electron chi connectivity index (χ4n) is 5.03. The van der Waals surface area contributed by atoms with Crippen LogP contribution in [0, 0.1) is 11.3 Å². The summed E-state index contributed by atoms with van der Waals surface area (Å²) < 4.78 is 8.01. The number of hydrogen-bond acceptors (Lipinski definition) is 3. The quantitative estimate of drug-likeness (QED) is 0.642. The minimum Gasteiger partial charge on any atom is -0.377 e. The average molecular weight is 360 g/mol. The van der Waals surface area contributed by atoms with Gasteiger partial charge in [0.25, 0.3) is 0 Å². The highest BCUT2D eigenvalue weighted by molar-refractivity contribution is 5.80. The van der Waals surface area contributed by atoms with Crippen LogP contribution in [0.4, 0.5) is 0 Å². The first-order valence-electron chi connectivity index (χ1n) is 10.1. The Kier molecular flexibility index (Phi) is 4.49. The van der Waals surface area contributed by atoms with Crippen LogP contribution in [0.15, 0.2) is 11.2 Å². The number of hydrogen-bond donors (Lipinski definition) is 2. The number of rotatable bonds is 3. The molecule has 2 aliphatic carbocycles. The minimum absolute atomic E-state index is 0.161. The van der Waals surface area contributed by atoms with Crippen molar-refractivity contribution in [2.45, 2.75) is 77.6 Å². The molecule has 6 heteroatoms. The summed E-state index contributed by atoms with van der Waals surface area (Å²) in [6.45, 7) is 9.86. The van der Waals surface area contributed by atoms with Crippen LogP contribution >= 0.6 is 0 Å². The second-order valence-corrected chi connectivity index (χ2v) is 9.02. The molecule has 0 aromatic carbocycles.